The van der Waals surface area contributed by atoms with E-state index in [1.165, 1.54) is 22.4 Å². The van der Waals surface area contributed by atoms with Crippen LogP contribution in [0.2, 0.25) is 0 Å². The second-order valence-corrected chi connectivity index (χ2v) is 7.44. The van der Waals surface area contributed by atoms with Gasteiger partial charge in [0.1, 0.15) is 0 Å². The Morgan fingerprint density at radius 3 is 2.78 bits per heavy atom. The number of hydrogen-bond acceptors (Lipinski definition) is 3. The third kappa shape index (κ3) is 2.12. The van der Waals surface area contributed by atoms with E-state index in [1.807, 2.05) is 6.08 Å². The van der Waals surface area contributed by atoms with E-state index in [0.29, 0.717) is 24.5 Å². The number of benzene rings is 1. The first-order chi connectivity index (χ1) is 11.0. The topological polar surface area (TPSA) is 43.8 Å². The Morgan fingerprint density at radius 1 is 1.30 bits per heavy atom. The first kappa shape index (κ1) is 14.8. The van der Waals surface area contributed by atoms with Crippen LogP contribution in [0.1, 0.15) is 37.3 Å². The molecule has 0 amide bonds. The van der Waals surface area contributed by atoms with Crippen LogP contribution in [0.5, 0.6) is 0 Å². The summed E-state index contributed by atoms with van der Waals surface area (Å²) in [4.78, 5) is 16.2. The van der Waals surface area contributed by atoms with Crippen LogP contribution in [0.15, 0.2) is 24.3 Å². The molecule has 0 aromatic heterocycles. The zero-order chi connectivity index (χ0) is 16.3. The summed E-state index contributed by atoms with van der Waals surface area (Å²) in [6.07, 6.45) is 3.11. The predicted molar refractivity (Wildman–Crippen MR) is 91.8 cm³/mol. The monoisotopic (exact) mass is 312 g/mol. The average molecular weight is 312 g/mol. The van der Waals surface area contributed by atoms with Crippen molar-refractivity contribution in [3.05, 3.63) is 35.4 Å². The van der Waals surface area contributed by atoms with Crippen molar-refractivity contribution in [1.29, 1.82) is 0 Å². The van der Waals surface area contributed by atoms with Crippen molar-refractivity contribution >= 4 is 17.2 Å². The minimum Gasteiger partial charge on any atom is -0.481 e. The lowest BCUT2D eigenvalue weighted by molar-refractivity contribution is -0.140. The first-order valence-electron chi connectivity index (χ1n) is 8.52. The van der Waals surface area contributed by atoms with E-state index >= 15 is 0 Å². The molecular formula is C19H24N2O2. The molecule has 2 aliphatic heterocycles. The number of carboxylic acid groups (broad SMARTS) is 1. The summed E-state index contributed by atoms with van der Waals surface area (Å²) in [6.45, 7) is 6.19. The molecule has 4 rings (SSSR count). The Hall–Kier alpha value is -1.81. The Labute approximate surface area is 137 Å². The van der Waals surface area contributed by atoms with E-state index in [2.05, 4.69) is 48.9 Å². The molecule has 0 bridgehead atoms. The van der Waals surface area contributed by atoms with Crippen LogP contribution in [0.25, 0.3) is 5.57 Å². The highest BCUT2D eigenvalue weighted by atomic mass is 16.4. The second-order valence-electron chi connectivity index (χ2n) is 7.44. The van der Waals surface area contributed by atoms with Gasteiger partial charge < -0.3 is 10.0 Å². The highest BCUT2D eigenvalue weighted by Crippen LogP contribution is 2.50. The lowest BCUT2D eigenvalue weighted by Crippen LogP contribution is -2.44. The van der Waals surface area contributed by atoms with Gasteiger partial charge in [-0.3, -0.25) is 9.69 Å². The maximum absolute atomic E-state index is 11.5. The van der Waals surface area contributed by atoms with Crippen LogP contribution >= 0.6 is 0 Å². The number of anilines is 1. The minimum absolute atomic E-state index is 0.352. The van der Waals surface area contributed by atoms with E-state index < -0.39 is 11.9 Å². The van der Waals surface area contributed by atoms with E-state index in [-0.39, 0.29) is 0 Å². The van der Waals surface area contributed by atoms with Gasteiger partial charge in [-0.15, -0.1) is 0 Å². The van der Waals surface area contributed by atoms with Gasteiger partial charge >= 0.3 is 5.97 Å². The van der Waals surface area contributed by atoms with E-state index in [1.54, 1.807) is 0 Å². The van der Waals surface area contributed by atoms with Crippen LogP contribution in [0.3, 0.4) is 0 Å². The van der Waals surface area contributed by atoms with Gasteiger partial charge in [-0.1, -0.05) is 18.2 Å². The van der Waals surface area contributed by atoms with Crippen molar-refractivity contribution in [2.75, 3.05) is 25.0 Å². The van der Waals surface area contributed by atoms with Crippen molar-refractivity contribution in [3.63, 3.8) is 0 Å². The van der Waals surface area contributed by atoms with Crippen molar-refractivity contribution < 1.29 is 9.90 Å². The molecule has 1 N–H and O–H groups in total. The molecule has 3 aliphatic rings. The molecule has 1 unspecified atom stereocenters. The standard InChI is InChI=1S/C19H24N2O2/c1-11(2)21-10-12-8-17-15(7-13(19(22)23)9-20(17)3)14-5-4-6-16(21)18(12)14/h4-7,11-13,17H,8-10H2,1-3H3,(H,22,23)/t12?,13-,17-/m1/s1. The number of hydrogen-bond donors (Lipinski definition) is 1. The molecule has 4 heteroatoms. The van der Waals surface area contributed by atoms with Gasteiger partial charge in [-0.25, -0.2) is 0 Å². The largest absolute Gasteiger partial charge is 0.481 e. The quantitative estimate of drug-likeness (QED) is 0.912. The number of rotatable bonds is 2. The van der Waals surface area contributed by atoms with Crippen molar-refractivity contribution in [2.24, 2.45) is 5.92 Å². The molecule has 1 aliphatic carbocycles. The van der Waals surface area contributed by atoms with E-state index in [4.69, 9.17) is 0 Å². The molecule has 1 aromatic carbocycles. The van der Waals surface area contributed by atoms with Crippen LogP contribution < -0.4 is 4.90 Å². The molecule has 0 radical (unpaired) electrons. The Balaban J connectivity index is 1.86. The number of likely N-dealkylation sites (N-methyl/N-ethyl adjacent to an activating group) is 1. The van der Waals surface area contributed by atoms with Gasteiger partial charge in [0.05, 0.1) is 5.92 Å². The summed E-state index contributed by atoms with van der Waals surface area (Å²) in [5.74, 6) is -0.558. The van der Waals surface area contributed by atoms with Gasteiger partial charge in [-0.2, -0.15) is 0 Å². The maximum atomic E-state index is 11.5. The summed E-state index contributed by atoms with van der Waals surface area (Å²) >= 11 is 0. The molecular weight excluding hydrogens is 288 g/mol. The van der Waals surface area contributed by atoms with Crippen LogP contribution in [-0.4, -0.2) is 48.2 Å². The molecule has 1 aromatic rings. The number of carboxylic acids is 1. The summed E-state index contributed by atoms with van der Waals surface area (Å²) in [5, 5.41) is 9.45. The molecule has 0 saturated heterocycles. The van der Waals surface area contributed by atoms with Crippen LogP contribution in [0, 0.1) is 5.92 Å². The van der Waals surface area contributed by atoms with Crippen LogP contribution in [0.4, 0.5) is 5.69 Å². The van der Waals surface area contributed by atoms with E-state index in [9.17, 15) is 9.90 Å². The lowest BCUT2D eigenvalue weighted by Gasteiger charge is -2.41. The molecule has 0 spiro atoms. The fourth-order valence-corrected chi connectivity index (χ4v) is 4.64. The highest BCUT2D eigenvalue weighted by molar-refractivity contribution is 5.85. The summed E-state index contributed by atoms with van der Waals surface area (Å²) in [7, 11) is 2.07. The van der Waals surface area contributed by atoms with Gasteiger partial charge in [0.2, 0.25) is 0 Å². The minimum atomic E-state index is -0.721. The maximum Gasteiger partial charge on any atom is 0.311 e. The molecule has 0 saturated carbocycles. The molecule has 4 nitrogen and oxygen atoms in total. The zero-order valence-electron chi connectivity index (χ0n) is 14.0. The Bertz CT molecular complexity index is 695. The third-order valence-electron chi connectivity index (χ3n) is 5.73. The van der Waals surface area contributed by atoms with Gasteiger partial charge in [0.25, 0.3) is 0 Å². The number of aliphatic carboxylic acids is 1. The Kier molecular flexibility index (Phi) is 3.27. The van der Waals surface area contributed by atoms with Gasteiger partial charge in [-0.05, 0) is 50.1 Å². The number of fused-ring (bicyclic) bond motifs is 2. The van der Waals surface area contributed by atoms with Crippen molar-refractivity contribution in [1.82, 2.24) is 4.90 Å². The smallest absolute Gasteiger partial charge is 0.311 e. The van der Waals surface area contributed by atoms with E-state index in [0.717, 1.165) is 13.0 Å². The Morgan fingerprint density at radius 2 is 2.09 bits per heavy atom. The molecule has 2 heterocycles. The normalized spacial score (nSPS) is 29.3. The summed E-state index contributed by atoms with van der Waals surface area (Å²) in [6, 6.07) is 7.38. The number of carbonyl (C=O) groups is 1. The molecule has 23 heavy (non-hydrogen) atoms. The van der Waals surface area contributed by atoms with Crippen molar-refractivity contribution in [3.8, 4) is 0 Å². The second kappa shape index (κ2) is 5.10. The zero-order valence-corrected chi connectivity index (χ0v) is 14.0. The van der Waals surface area contributed by atoms with Gasteiger partial charge in [0.15, 0.2) is 0 Å². The molecule has 3 atom stereocenters. The fraction of sp³-hybridized carbons (Fsp3) is 0.526. The SMILES string of the molecule is CC(C)N1CC2C[C@@H]3C(=C[C@@H](C(=O)O)CN3C)c3cccc1c32. The molecule has 0 fully saturated rings. The molecule has 122 valence electrons. The van der Waals surface area contributed by atoms with Crippen molar-refractivity contribution in [2.45, 2.75) is 38.3 Å². The summed E-state index contributed by atoms with van der Waals surface area (Å²) < 4.78 is 0. The summed E-state index contributed by atoms with van der Waals surface area (Å²) in [5.41, 5.74) is 5.31. The van der Waals surface area contributed by atoms with Crippen LogP contribution in [-0.2, 0) is 4.79 Å². The fourth-order valence-electron chi connectivity index (χ4n) is 4.64. The average Bonchev–Trinajstić information content (AvgIpc) is 2.88. The third-order valence-corrected chi connectivity index (χ3v) is 5.73. The number of nitrogens with zero attached hydrogens (tertiary/aromatic N) is 2. The highest BCUT2D eigenvalue weighted by Gasteiger charge is 2.42. The predicted octanol–water partition coefficient (Wildman–Crippen LogP) is 2.80. The lowest BCUT2D eigenvalue weighted by atomic mass is 9.74. The van der Waals surface area contributed by atoms with Gasteiger partial charge in [0, 0.05) is 36.8 Å². The first-order valence-corrected chi connectivity index (χ1v) is 8.52.